The molecule has 0 bridgehead atoms. The number of hydrogen-bond acceptors (Lipinski definition) is 10. The number of rotatable bonds is 10. The number of alkyl carbamates (subject to hydrolysis) is 1. The van der Waals surface area contributed by atoms with Crippen LogP contribution in [0.15, 0.2) is 42.6 Å². The van der Waals surface area contributed by atoms with Crippen LogP contribution in [0.5, 0.6) is 11.6 Å². The summed E-state index contributed by atoms with van der Waals surface area (Å²) in [7, 11) is -2.97. The summed E-state index contributed by atoms with van der Waals surface area (Å²) in [4.78, 5) is 62.1. The lowest BCUT2D eigenvalue weighted by Gasteiger charge is -2.34. The second-order valence-corrected chi connectivity index (χ2v) is 19.1. The van der Waals surface area contributed by atoms with Gasteiger partial charge in [0, 0.05) is 23.1 Å². The fourth-order valence-corrected chi connectivity index (χ4v) is 9.66. The summed E-state index contributed by atoms with van der Waals surface area (Å²) in [6, 6.07) is 4.40. The first-order valence-corrected chi connectivity index (χ1v) is 21.2. The van der Waals surface area contributed by atoms with Gasteiger partial charge in [0.05, 0.1) is 26.3 Å². The summed E-state index contributed by atoms with van der Waals surface area (Å²) in [6.45, 7) is 4.44. The molecule has 14 nitrogen and oxygen atoms in total. The van der Waals surface area contributed by atoms with Crippen LogP contribution in [-0.2, 0) is 29.1 Å². The number of benzene rings is 1. The highest BCUT2D eigenvalue weighted by Crippen LogP contribution is 2.48. The minimum Gasteiger partial charge on any atom is -0.494 e. The topological polar surface area (TPSA) is 182 Å². The lowest BCUT2D eigenvalue weighted by atomic mass is 9.88. The first-order valence-electron chi connectivity index (χ1n) is 19.7. The standard InChI is InChI=1S/C40H51F4N5O9S/c1-23-10-6-7-11-25-18-39(25,35(52)48-59(54,55)38(22-41)14-15-38)47-32(50)29-17-26(57-33-28-13-9-8-12-27(28)30(56-5)19-45-33)20-49(29)34(51)31(24(2)16-23)46-36(53)58-37(3,4)21-40(42,43)44/h7-9,11-13,19,23-26,29,31H,6,10,14-18,20-22H2,1-5H3,(H,46,53)(H,47,50)(H,48,52)/b11-7-/t23-,24+,25+,26+,29-,31-,39+/m0/s1. The molecule has 6 rings (SSSR count). The number of hydrogen-bond donors (Lipinski definition) is 3. The molecule has 2 saturated carbocycles. The Labute approximate surface area is 340 Å². The Hall–Kier alpha value is -4.68. The molecular formula is C40H51F4N5O9S. The fraction of sp³-hybridized carbons (Fsp3) is 0.625. The Bertz CT molecular complexity index is 2100. The van der Waals surface area contributed by atoms with Crippen LogP contribution in [0.2, 0.25) is 0 Å². The number of nitrogens with one attached hydrogen (secondary N) is 3. The van der Waals surface area contributed by atoms with E-state index in [1.54, 1.807) is 37.3 Å². The zero-order chi connectivity index (χ0) is 43.1. The van der Waals surface area contributed by atoms with Gasteiger partial charge >= 0.3 is 12.3 Å². The van der Waals surface area contributed by atoms with E-state index in [4.69, 9.17) is 14.2 Å². The van der Waals surface area contributed by atoms with Gasteiger partial charge in [-0.25, -0.2) is 22.6 Å². The number of ether oxygens (including phenoxy) is 3. The van der Waals surface area contributed by atoms with Crippen molar-refractivity contribution in [2.75, 3.05) is 20.3 Å². The largest absolute Gasteiger partial charge is 0.494 e. The Morgan fingerprint density at radius 3 is 2.42 bits per heavy atom. The van der Waals surface area contributed by atoms with Gasteiger partial charge in [-0.2, -0.15) is 13.2 Å². The molecule has 2 aromatic rings. The van der Waals surface area contributed by atoms with E-state index in [1.165, 1.54) is 18.2 Å². The molecule has 3 heterocycles. The zero-order valence-corrected chi connectivity index (χ0v) is 34.4. The van der Waals surface area contributed by atoms with Crippen LogP contribution in [0.25, 0.3) is 10.8 Å². The van der Waals surface area contributed by atoms with Crippen molar-refractivity contribution in [3.05, 3.63) is 42.6 Å². The van der Waals surface area contributed by atoms with E-state index in [-0.39, 0.29) is 44.0 Å². The van der Waals surface area contributed by atoms with Crippen molar-refractivity contribution < 1.29 is 59.4 Å². The molecule has 59 heavy (non-hydrogen) atoms. The molecule has 1 aromatic carbocycles. The maximum atomic E-state index is 14.8. The highest BCUT2D eigenvalue weighted by atomic mass is 32.2. The Morgan fingerprint density at radius 2 is 1.78 bits per heavy atom. The predicted molar refractivity (Wildman–Crippen MR) is 206 cm³/mol. The molecule has 3 N–H and O–H groups in total. The number of methoxy groups -OCH3 is 1. The summed E-state index contributed by atoms with van der Waals surface area (Å²) in [6.07, 6.45) is -1.77. The summed E-state index contributed by atoms with van der Waals surface area (Å²) in [5, 5.41) is 6.49. The van der Waals surface area contributed by atoms with Gasteiger partial charge in [-0.3, -0.25) is 19.1 Å². The number of sulfonamides is 1. The van der Waals surface area contributed by atoms with Crippen LogP contribution in [0.1, 0.15) is 79.1 Å². The lowest BCUT2D eigenvalue weighted by Crippen LogP contribution is -2.59. The second-order valence-electron chi connectivity index (χ2n) is 17.1. The van der Waals surface area contributed by atoms with Crippen molar-refractivity contribution in [2.24, 2.45) is 17.8 Å². The monoisotopic (exact) mass is 853 g/mol. The van der Waals surface area contributed by atoms with Gasteiger partial charge in [0.15, 0.2) is 0 Å². The number of allylic oxidation sites excluding steroid dienone is 1. The highest BCUT2D eigenvalue weighted by Gasteiger charge is 2.64. The van der Waals surface area contributed by atoms with Crippen LogP contribution in [-0.4, -0.2) is 103 Å². The normalized spacial score (nSPS) is 29.1. The summed E-state index contributed by atoms with van der Waals surface area (Å²) < 4.78 is 97.5. The van der Waals surface area contributed by atoms with Gasteiger partial charge in [-0.1, -0.05) is 44.2 Å². The van der Waals surface area contributed by atoms with Crippen LogP contribution < -0.4 is 24.8 Å². The van der Waals surface area contributed by atoms with Gasteiger partial charge in [0.25, 0.3) is 5.91 Å². The number of carbonyl (C=O) groups excluding carboxylic acids is 4. The molecule has 4 aliphatic rings. The maximum absolute atomic E-state index is 14.8. The van der Waals surface area contributed by atoms with E-state index < -0.39 is 99.0 Å². The number of pyridine rings is 1. The molecule has 1 saturated heterocycles. The summed E-state index contributed by atoms with van der Waals surface area (Å²) in [5.41, 5.74) is -3.73. The molecular weight excluding hydrogens is 803 g/mol. The molecule has 1 aromatic heterocycles. The Balaban J connectivity index is 1.35. The number of fused-ring (bicyclic) bond motifs is 3. The third-order valence-corrected chi connectivity index (χ3v) is 13.9. The van der Waals surface area contributed by atoms with E-state index in [2.05, 4.69) is 15.6 Å². The minimum absolute atomic E-state index is 0.0257. The molecule has 324 valence electrons. The molecule has 7 atom stereocenters. The summed E-state index contributed by atoms with van der Waals surface area (Å²) >= 11 is 0. The molecule has 2 aliphatic heterocycles. The number of aromatic nitrogens is 1. The quantitative estimate of drug-likeness (QED) is 0.211. The number of carbonyl (C=O) groups is 4. The van der Waals surface area contributed by atoms with E-state index in [1.807, 2.05) is 17.7 Å². The van der Waals surface area contributed by atoms with Gasteiger partial charge < -0.3 is 29.7 Å². The average molecular weight is 854 g/mol. The van der Waals surface area contributed by atoms with Crippen molar-refractivity contribution in [3.8, 4) is 11.6 Å². The van der Waals surface area contributed by atoms with Gasteiger partial charge in [-0.15, -0.1) is 0 Å². The van der Waals surface area contributed by atoms with Crippen molar-refractivity contribution >= 4 is 44.6 Å². The predicted octanol–water partition coefficient (Wildman–Crippen LogP) is 5.25. The third kappa shape index (κ3) is 9.54. The zero-order valence-electron chi connectivity index (χ0n) is 33.6. The van der Waals surface area contributed by atoms with Crippen LogP contribution >= 0.6 is 0 Å². The Kier molecular flexibility index (Phi) is 12.2. The van der Waals surface area contributed by atoms with Gasteiger partial charge in [0.2, 0.25) is 27.7 Å². The highest BCUT2D eigenvalue weighted by molar-refractivity contribution is 7.91. The molecule has 2 aliphatic carbocycles. The lowest BCUT2D eigenvalue weighted by molar-refractivity contribution is -0.169. The van der Waals surface area contributed by atoms with E-state index in [9.17, 15) is 45.2 Å². The second kappa shape index (κ2) is 16.4. The number of halogens is 4. The molecule has 0 radical (unpaired) electrons. The number of nitrogens with zero attached hydrogens (tertiary/aromatic N) is 2. The van der Waals surface area contributed by atoms with Gasteiger partial charge in [-0.05, 0) is 70.3 Å². The first-order chi connectivity index (χ1) is 27.6. The Morgan fingerprint density at radius 1 is 1.08 bits per heavy atom. The minimum atomic E-state index is -4.65. The van der Waals surface area contributed by atoms with E-state index in [0.717, 1.165) is 13.8 Å². The van der Waals surface area contributed by atoms with Crippen LogP contribution in [0.4, 0.5) is 22.4 Å². The van der Waals surface area contributed by atoms with E-state index >= 15 is 0 Å². The van der Waals surface area contributed by atoms with Crippen molar-refractivity contribution in [3.63, 3.8) is 0 Å². The molecule has 19 heteroatoms. The van der Waals surface area contributed by atoms with Crippen molar-refractivity contribution in [1.29, 1.82) is 0 Å². The molecule has 3 fully saturated rings. The first kappa shape index (κ1) is 43.9. The van der Waals surface area contributed by atoms with Crippen molar-refractivity contribution in [1.82, 2.24) is 25.2 Å². The third-order valence-electron chi connectivity index (χ3n) is 11.8. The number of amides is 4. The molecule has 0 unspecified atom stereocenters. The van der Waals surface area contributed by atoms with Crippen LogP contribution in [0.3, 0.4) is 0 Å². The maximum Gasteiger partial charge on any atom is 0.408 e. The van der Waals surface area contributed by atoms with E-state index in [0.29, 0.717) is 35.8 Å². The SMILES string of the molecule is COc1cnc(O[C@@H]2C[C@H]3C(=O)N[C@]4(C(=O)NS(=O)(=O)C5(CF)CC5)C[C@H]4/C=C\CC[C@H](C)C[C@@H](C)[C@H](NC(=O)OC(C)(C)CC(F)(F)F)C(=O)N3C2)c2ccccc12. The molecule has 0 spiro atoms. The number of alkyl halides is 4. The van der Waals surface area contributed by atoms with Crippen molar-refractivity contribution in [2.45, 2.75) is 119 Å². The smallest absolute Gasteiger partial charge is 0.408 e. The fourth-order valence-electron chi connectivity index (χ4n) is 8.23. The summed E-state index contributed by atoms with van der Waals surface area (Å²) in [5.74, 6) is -3.24. The van der Waals surface area contributed by atoms with Crippen LogP contribution in [0, 0.1) is 17.8 Å². The molecule has 4 amide bonds. The average Bonchev–Trinajstić information content (AvgIpc) is 4.05. The van der Waals surface area contributed by atoms with Gasteiger partial charge in [0.1, 0.15) is 46.5 Å².